The standard InChI is InChI=1S/C16H17N5O2/c1-9(2)18-14-12-7-8-17-13(12)20-16(21-14)19-11-5-3-10(4-6-11)15(22)23/h3-9H,1-2H3,(H,22,23)(H3,17,18,19,20,21). The van der Waals surface area contributed by atoms with Gasteiger partial charge in [0.2, 0.25) is 5.95 Å². The molecule has 0 aliphatic carbocycles. The van der Waals surface area contributed by atoms with Crippen molar-refractivity contribution in [2.45, 2.75) is 19.9 Å². The third-order valence-corrected chi connectivity index (χ3v) is 3.23. The Morgan fingerprint density at radius 2 is 1.91 bits per heavy atom. The van der Waals surface area contributed by atoms with E-state index in [0.717, 1.165) is 22.5 Å². The molecule has 0 spiro atoms. The van der Waals surface area contributed by atoms with Crippen LogP contribution in [0.5, 0.6) is 0 Å². The highest BCUT2D eigenvalue weighted by Crippen LogP contribution is 2.23. The number of benzene rings is 1. The maximum atomic E-state index is 10.9. The van der Waals surface area contributed by atoms with Gasteiger partial charge in [-0.2, -0.15) is 9.97 Å². The third kappa shape index (κ3) is 3.23. The number of carbonyl (C=O) groups is 1. The first-order valence-corrected chi connectivity index (χ1v) is 7.25. The molecule has 0 saturated carbocycles. The second-order valence-electron chi connectivity index (χ2n) is 5.44. The van der Waals surface area contributed by atoms with Crippen molar-refractivity contribution in [3.8, 4) is 0 Å². The molecule has 3 aromatic rings. The van der Waals surface area contributed by atoms with E-state index in [1.54, 1.807) is 12.1 Å². The van der Waals surface area contributed by atoms with Crippen molar-refractivity contribution in [1.82, 2.24) is 15.0 Å². The van der Waals surface area contributed by atoms with E-state index in [1.807, 2.05) is 26.1 Å². The normalized spacial score (nSPS) is 10.9. The van der Waals surface area contributed by atoms with E-state index in [2.05, 4.69) is 25.6 Å². The van der Waals surface area contributed by atoms with E-state index in [-0.39, 0.29) is 11.6 Å². The molecule has 0 aliphatic rings. The molecule has 0 radical (unpaired) electrons. The second-order valence-corrected chi connectivity index (χ2v) is 5.44. The van der Waals surface area contributed by atoms with Crippen LogP contribution in [0.1, 0.15) is 24.2 Å². The lowest BCUT2D eigenvalue weighted by atomic mass is 10.2. The monoisotopic (exact) mass is 311 g/mol. The van der Waals surface area contributed by atoms with Gasteiger partial charge in [0.25, 0.3) is 0 Å². The summed E-state index contributed by atoms with van der Waals surface area (Å²) in [5.74, 6) is 0.228. The van der Waals surface area contributed by atoms with Crippen LogP contribution >= 0.6 is 0 Å². The van der Waals surface area contributed by atoms with Crippen molar-refractivity contribution in [3.05, 3.63) is 42.1 Å². The Morgan fingerprint density at radius 1 is 1.17 bits per heavy atom. The number of H-pyrrole nitrogens is 1. The number of nitrogens with zero attached hydrogens (tertiary/aromatic N) is 2. The molecule has 0 aliphatic heterocycles. The Bertz CT molecular complexity index is 839. The van der Waals surface area contributed by atoms with Crippen molar-refractivity contribution in [3.63, 3.8) is 0 Å². The first-order valence-electron chi connectivity index (χ1n) is 7.25. The number of carboxylic acids is 1. The average molecular weight is 311 g/mol. The maximum absolute atomic E-state index is 10.9. The van der Waals surface area contributed by atoms with Crippen LogP contribution in [0, 0.1) is 0 Å². The minimum absolute atomic E-state index is 0.235. The molecule has 2 heterocycles. The predicted molar refractivity (Wildman–Crippen MR) is 89.3 cm³/mol. The van der Waals surface area contributed by atoms with Gasteiger partial charge in [-0.1, -0.05) is 0 Å². The smallest absolute Gasteiger partial charge is 0.335 e. The average Bonchev–Trinajstić information content (AvgIpc) is 2.96. The molecule has 0 saturated heterocycles. The van der Waals surface area contributed by atoms with Crippen molar-refractivity contribution in [2.24, 2.45) is 0 Å². The lowest BCUT2D eigenvalue weighted by molar-refractivity contribution is 0.0697. The van der Waals surface area contributed by atoms with E-state index in [0.29, 0.717) is 5.95 Å². The summed E-state index contributed by atoms with van der Waals surface area (Å²) in [6, 6.07) is 8.59. The molecule has 4 N–H and O–H groups in total. The lowest BCUT2D eigenvalue weighted by Gasteiger charge is -2.12. The van der Waals surface area contributed by atoms with Gasteiger partial charge in [0.1, 0.15) is 11.5 Å². The number of aromatic amines is 1. The van der Waals surface area contributed by atoms with Gasteiger partial charge >= 0.3 is 5.97 Å². The Labute approximate surface area is 132 Å². The summed E-state index contributed by atoms with van der Waals surface area (Å²) in [5.41, 5.74) is 1.68. The first kappa shape index (κ1) is 14.8. The third-order valence-electron chi connectivity index (χ3n) is 3.23. The Morgan fingerprint density at radius 3 is 2.57 bits per heavy atom. The van der Waals surface area contributed by atoms with Gasteiger partial charge in [-0.3, -0.25) is 0 Å². The first-order chi connectivity index (χ1) is 11.0. The summed E-state index contributed by atoms with van der Waals surface area (Å²) in [6.07, 6.45) is 1.82. The minimum atomic E-state index is -0.955. The number of hydrogen-bond donors (Lipinski definition) is 4. The maximum Gasteiger partial charge on any atom is 0.335 e. The molecule has 0 bridgehead atoms. The summed E-state index contributed by atoms with van der Waals surface area (Å²) in [4.78, 5) is 22.9. The van der Waals surface area contributed by atoms with E-state index < -0.39 is 5.97 Å². The molecule has 1 aromatic carbocycles. The molecule has 0 fully saturated rings. The van der Waals surface area contributed by atoms with Crippen LogP contribution < -0.4 is 10.6 Å². The van der Waals surface area contributed by atoms with Crippen LogP contribution in [0.2, 0.25) is 0 Å². The van der Waals surface area contributed by atoms with Crippen LogP contribution in [-0.2, 0) is 0 Å². The molecule has 2 aromatic heterocycles. The van der Waals surface area contributed by atoms with Crippen LogP contribution in [0.4, 0.5) is 17.5 Å². The SMILES string of the molecule is CC(C)Nc1nc(Nc2ccc(C(=O)O)cc2)nc2[nH]ccc12. The fourth-order valence-corrected chi connectivity index (χ4v) is 2.21. The van der Waals surface area contributed by atoms with Crippen molar-refractivity contribution >= 4 is 34.5 Å². The van der Waals surface area contributed by atoms with Crippen LogP contribution in [-0.4, -0.2) is 32.1 Å². The highest BCUT2D eigenvalue weighted by atomic mass is 16.4. The topological polar surface area (TPSA) is 103 Å². The number of aromatic nitrogens is 3. The van der Waals surface area contributed by atoms with Crippen molar-refractivity contribution in [1.29, 1.82) is 0 Å². The van der Waals surface area contributed by atoms with E-state index in [9.17, 15) is 4.79 Å². The molecule has 3 rings (SSSR count). The van der Waals surface area contributed by atoms with Gasteiger partial charge in [-0.25, -0.2) is 4.79 Å². The molecular formula is C16H17N5O2. The largest absolute Gasteiger partial charge is 0.478 e. The number of rotatable bonds is 5. The van der Waals surface area contributed by atoms with Gasteiger partial charge in [0.15, 0.2) is 0 Å². The van der Waals surface area contributed by atoms with Gasteiger partial charge in [-0.05, 0) is 44.2 Å². The molecule has 0 atom stereocenters. The van der Waals surface area contributed by atoms with E-state index in [4.69, 9.17) is 5.11 Å². The van der Waals surface area contributed by atoms with E-state index in [1.165, 1.54) is 12.1 Å². The van der Waals surface area contributed by atoms with Gasteiger partial charge in [-0.15, -0.1) is 0 Å². The van der Waals surface area contributed by atoms with Crippen molar-refractivity contribution < 1.29 is 9.90 Å². The van der Waals surface area contributed by atoms with Gasteiger partial charge in [0.05, 0.1) is 10.9 Å². The number of carboxylic acid groups (broad SMARTS) is 1. The second kappa shape index (κ2) is 5.96. The summed E-state index contributed by atoms with van der Waals surface area (Å²) in [5, 5.41) is 16.2. The predicted octanol–water partition coefficient (Wildman–Crippen LogP) is 3.22. The zero-order valence-corrected chi connectivity index (χ0v) is 12.8. The molecule has 0 amide bonds. The number of hydrogen-bond acceptors (Lipinski definition) is 5. The molecule has 0 unspecified atom stereocenters. The summed E-state index contributed by atoms with van der Waals surface area (Å²) >= 11 is 0. The number of aromatic carboxylic acids is 1. The lowest BCUT2D eigenvalue weighted by Crippen LogP contribution is -2.12. The number of nitrogens with one attached hydrogen (secondary N) is 3. The number of anilines is 3. The highest BCUT2D eigenvalue weighted by molar-refractivity contribution is 5.89. The molecule has 7 heteroatoms. The quantitative estimate of drug-likeness (QED) is 0.577. The Kier molecular flexibility index (Phi) is 3.84. The van der Waals surface area contributed by atoms with Gasteiger partial charge < -0.3 is 20.7 Å². The minimum Gasteiger partial charge on any atom is -0.478 e. The molecule has 23 heavy (non-hydrogen) atoms. The van der Waals surface area contributed by atoms with Crippen molar-refractivity contribution in [2.75, 3.05) is 10.6 Å². The number of fused-ring (bicyclic) bond motifs is 1. The Balaban J connectivity index is 1.91. The molecule has 118 valence electrons. The fraction of sp³-hybridized carbons (Fsp3) is 0.188. The summed E-state index contributed by atoms with van der Waals surface area (Å²) in [7, 11) is 0. The van der Waals surface area contributed by atoms with Crippen LogP contribution in [0.15, 0.2) is 36.5 Å². The summed E-state index contributed by atoms with van der Waals surface area (Å²) < 4.78 is 0. The van der Waals surface area contributed by atoms with Crippen LogP contribution in [0.25, 0.3) is 11.0 Å². The zero-order valence-electron chi connectivity index (χ0n) is 12.8. The van der Waals surface area contributed by atoms with E-state index >= 15 is 0 Å². The van der Waals surface area contributed by atoms with Crippen LogP contribution in [0.3, 0.4) is 0 Å². The molecular weight excluding hydrogens is 294 g/mol. The molecule has 7 nitrogen and oxygen atoms in total. The Hall–Kier alpha value is -3.09. The highest BCUT2D eigenvalue weighted by Gasteiger charge is 2.10. The zero-order chi connectivity index (χ0) is 16.4. The fourth-order valence-electron chi connectivity index (χ4n) is 2.21. The van der Waals surface area contributed by atoms with Gasteiger partial charge in [0, 0.05) is 17.9 Å². The summed E-state index contributed by atoms with van der Waals surface area (Å²) in [6.45, 7) is 4.08.